The SMILES string of the molecule is O=C(O)c1cn(CC2CC3CCC2C3)c(=O)[nH]c1=O. The molecule has 1 aromatic heterocycles. The molecule has 3 rings (SSSR count). The fraction of sp³-hybridized carbons (Fsp3) is 0.615. The Balaban J connectivity index is 1.88. The number of aromatic carboxylic acids is 1. The zero-order chi connectivity index (χ0) is 13.6. The number of hydrogen-bond acceptors (Lipinski definition) is 3. The van der Waals surface area contributed by atoms with E-state index in [0.717, 1.165) is 12.3 Å². The van der Waals surface area contributed by atoms with Gasteiger partial charge in [0.2, 0.25) is 0 Å². The average Bonchev–Trinajstić information content (AvgIpc) is 2.94. The van der Waals surface area contributed by atoms with Gasteiger partial charge in [-0.3, -0.25) is 14.3 Å². The van der Waals surface area contributed by atoms with Gasteiger partial charge in [0, 0.05) is 12.7 Å². The molecule has 2 fully saturated rings. The van der Waals surface area contributed by atoms with Gasteiger partial charge in [-0.1, -0.05) is 6.42 Å². The first kappa shape index (κ1) is 12.2. The molecule has 0 saturated heterocycles. The second-order valence-electron chi connectivity index (χ2n) is 5.69. The molecule has 2 aliphatic rings. The van der Waals surface area contributed by atoms with Gasteiger partial charge in [-0.25, -0.2) is 9.59 Å². The fourth-order valence-corrected chi connectivity index (χ4v) is 3.65. The summed E-state index contributed by atoms with van der Waals surface area (Å²) < 4.78 is 1.34. The van der Waals surface area contributed by atoms with Gasteiger partial charge in [-0.15, -0.1) is 0 Å². The molecule has 6 heteroatoms. The summed E-state index contributed by atoms with van der Waals surface area (Å²) in [5, 5.41) is 8.91. The van der Waals surface area contributed by atoms with E-state index in [0.29, 0.717) is 18.4 Å². The van der Waals surface area contributed by atoms with Crippen LogP contribution in [0.3, 0.4) is 0 Å². The maximum Gasteiger partial charge on any atom is 0.342 e. The summed E-state index contributed by atoms with van der Waals surface area (Å²) in [5.74, 6) is 0.552. The zero-order valence-electron chi connectivity index (χ0n) is 10.5. The molecule has 102 valence electrons. The molecule has 1 aromatic rings. The van der Waals surface area contributed by atoms with Crippen LogP contribution in [-0.4, -0.2) is 20.6 Å². The van der Waals surface area contributed by atoms with Gasteiger partial charge in [-0.05, 0) is 37.0 Å². The predicted molar refractivity (Wildman–Crippen MR) is 67.2 cm³/mol. The minimum atomic E-state index is -1.30. The quantitative estimate of drug-likeness (QED) is 0.839. The van der Waals surface area contributed by atoms with Crippen LogP contribution >= 0.6 is 0 Å². The number of aromatic nitrogens is 2. The molecule has 2 aliphatic carbocycles. The molecule has 0 amide bonds. The van der Waals surface area contributed by atoms with E-state index < -0.39 is 17.2 Å². The lowest BCUT2D eigenvalue weighted by atomic mass is 9.89. The number of rotatable bonds is 3. The lowest BCUT2D eigenvalue weighted by Crippen LogP contribution is -2.35. The van der Waals surface area contributed by atoms with Crippen LogP contribution in [-0.2, 0) is 6.54 Å². The van der Waals surface area contributed by atoms with Crippen molar-refractivity contribution in [3.63, 3.8) is 0 Å². The maximum absolute atomic E-state index is 11.7. The Hall–Kier alpha value is -1.85. The molecular weight excluding hydrogens is 248 g/mol. The first-order valence-corrected chi connectivity index (χ1v) is 6.61. The predicted octanol–water partition coefficient (Wildman–Crippen LogP) is 0.671. The van der Waals surface area contributed by atoms with Crippen LogP contribution in [0.5, 0.6) is 0 Å². The van der Waals surface area contributed by atoms with Crippen LogP contribution in [0.4, 0.5) is 0 Å². The third kappa shape index (κ3) is 2.11. The van der Waals surface area contributed by atoms with E-state index >= 15 is 0 Å². The van der Waals surface area contributed by atoms with Gasteiger partial charge in [0.1, 0.15) is 5.56 Å². The zero-order valence-corrected chi connectivity index (χ0v) is 10.5. The molecule has 3 atom stereocenters. The number of H-pyrrole nitrogens is 1. The number of aromatic amines is 1. The van der Waals surface area contributed by atoms with E-state index in [2.05, 4.69) is 4.98 Å². The molecule has 2 N–H and O–H groups in total. The first-order chi connectivity index (χ1) is 9.04. The smallest absolute Gasteiger partial charge is 0.342 e. The largest absolute Gasteiger partial charge is 0.477 e. The standard InChI is InChI=1S/C13H16N2O4/c16-11-10(12(17)18)6-15(13(19)14-11)5-9-4-7-1-2-8(9)3-7/h6-9H,1-5H2,(H,17,18)(H,14,16,19). The second-order valence-corrected chi connectivity index (χ2v) is 5.69. The number of carboxylic acid groups (broad SMARTS) is 1. The third-order valence-corrected chi connectivity index (χ3v) is 4.56. The van der Waals surface area contributed by atoms with E-state index in [-0.39, 0.29) is 5.56 Å². The number of fused-ring (bicyclic) bond motifs is 2. The molecule has 6 nitrogen and oxygen atoms in total. The topological polar surface area (TPSA) is 92.2 Å². The van der Waals surface area contributed by atoms with Crippen molar-refractivity contribution in [2.75, 3.05) is 0 Å². The Morgan fingerprint density at radius 3 is 2.74 bits per heavy atom. The molecule has 0 radical (unpaired) electrons. The summed E-state index contributed by atoms with van der Waals surface area (Å²) >= 11 is 0. The minimum absolute atomic E-state index is 0.372. The number of nitrogens with one attached hydrogen (secondary N) is 1. The van der Waals surface area contributed by atoms with Crippen molar-refractivity contribution in [3.05, 3.63) is 32.6 Å². The summed E-state index contributed by atoms with van der Waals surface area (Å²) in [6.07, 6.45) is 6.00. The van der Waals surface area contributed by atoms with Crippen molar-refractivity contribution in [2.24, 2.45) is 17.8 Å². The molecular formula is C13H16N2O4. The average molecular weight is 264 g/mol. The second kappa shape index (κ2) is 4.36. The molecule has 2 saturated carbocycles. The highest BCUT2D eigenvalue weighted by molar-refractivity contribution is 5.86. The summed E-state index contributed by atoms with van der Waals surface area (Å²) in [7, 11) is 0. The van der Waals surface area contributed by atoms with E-state index in [9.17, 15) is 14.4 Å². The summed E-state index contributed by atoms with van der Waals surface area (Å²) in [6, 6.07) is 0. The van der Waals surface area contributed by atoms with Crippen LogP contribution in [0.2, 0.25) is 0 Å². The minimum Gasteiger partial charge on any atom is -0.477 e. The van der Waals surface area contributed by atoms with Crippen LogP contribution in [0, 0.1) is 17.8 Å². The maximum atomic E-state index is 11.7. The lowest BCUT2D eigenvalue weighted by Gasteiger charge is -2.22. The fourth-order valence-electron chi connectivity index (χ4n) is 3.65. The monoisotopic (exact) mass is 264 g/mol. The Kier molecular flexibility index (Phi) is 2.80. The van der Waals surface area contributed by atoms with Crippen LogP contribution in [0.1, 0.15) is 36.0 Å². The molecule has 19 heavy (non-hydrogen) atoms. The van der Waals surface area contributed by atoms with E-state index in [1.54, 1.807) is 0 Å². The van der Waals surface area contributed by atoms with Crippen molar-refractivity contribution >= 4 is 5.97 Å². The summed E-state index contributed by atoms with van der Waals surface area (Å²) in [4.78, 5) is 36.1. The Morgan fingerprint density at radius 2 is 2.16 bits per heavy atom. The first-order valence-electron chi connectivity index (χ1n) is 6.61. The number of carbonyl (C=O) groups is 1. The van der Waals surface area contributed by atoms with E-state index in [1.807, 2.05) is 0 Å². The number of hydrogen-bond donors (Lipinski definition) is 2. The highest BCUT2D eigenvalue weighted by atomic mass is 16.4. The van der Waals surface area contributed by atoms with Gasteiger partial charge in [0.25, 0.3) is 5.56 Å². The molecule has 0 aromatic carbocycles. The van der Waals surface area contributed by atoms with Gasteiger partial charge in [0.05, 0.1) is 0 Å². The van der Waals surface area contributed by atoms with Crippen LogP contribution < -0.4 is 11.2 Å². The third-order valence-electron chi connectivity index (χ3n) is 4.56. The van der Waals surface area contributed by atoms with Gasteiger partial charge < -0.3 is 5.11 Å². The van der Waals surface area contributed by atoms with Crippen molar-refractivity contribution in [2.45, 2.75) is 32.2 Å². The van der Waals surface area contributed by atoms with Crippen molar-refractivity contribution in [1.29, 1.82) is 0 Å². The molecule has 3 unspecified atom stereocenters. The van der Waals surface area contributed by atoms with Crippen LogP contribution in [0.25, 0.3) is 0 Å². The number of carboxylic acids is 1. The van der Waals surface area contributed by atoms with Crippen molar-refractivity contribution in [3.8, 4) is 0 Å². The molecule has 2 bridgehead atoms. The Morgan fingerprint density at radius 1 is 1.37 bits per heavy atom. The highest BCUT2D eigenvalue weighted by Crippen LogP contribution is 2.48. The van der Waals surface area contributed by atoms with Gasteiger partial charge >= 0.3 is 11.7 Å². The van der Waals surface area contributed by atoms with Crippen molar-refractivity contribution < 1.29 is 9.90 Å². The lowest BCUT2D eigenvalue weighted by molar-refractivity contribution is 0.0693. The van der Waals surface area contributed by atoms with Gasteiger partial charge in [0.15, 0.2) is 0 Å². The van der Waals surface area contributed by atoms with Gasteiger partial charge in [-0.2, -0.15) is 0 Å². The van der Waals surface area contributed by atoms with E-state index in [4.69, 9.17) is 5.11 Å². The van der Waals surface area contributed by atoms with Crippen molar-refractivity contribution in [1.82, 2.24) is 9.55 Å². The van der Waals surface area contributed by atoms with E-state index in [1.165, 1.54) is 30.0 Å². The van der Waals surface area contributed by atoms with Crippen LogP contribution in [0.15, 0.2) is 15.8 Å². The molecule has 0 aliphatic heterocycles. The summed E-state index contributed by atoms with van der Waals surface area (Å²) in [5.41, 5.74) is -1.72. The normalized spacial score (nSPS) is 28.7. The highest BCUT2D eigenvalue weighted by Gasteiger charge is 2.39. The molecule has 1 heterocycles. The summed E-state index contributed by atoms with van der Waals surface area (Å²) in [6.45, 7) is 0.511. The Bertz CT molecular complexity index is 630. The molecule has 0 spiro atoms. The number of nitrogens with zero attached hydrogens (tertiary/aromatic N) is 1. The Labute approximate surface area is 109 Å².